The Labute approximate surface area is 115 Å². The van der Waals surface area contributed by atoms with Gasteiger partial charge >= 0.3 is 0 Å². The first-order valence-corrected chi connectivity index (χ1v) is 5.87. The minimum atomic E-state index is 0.448. The topological polar surface area (TPSA) is 61.8 Å². The van der Waals surface area contributed by atoms with Crippen molar-refractivity contribution < 1.29 is 0 Å². The van der Waals surface area contributed by atoms with E-state index in [-0.39, 0.29) is 0 Å². The van der Waals surface area contributed by atoms with E-state index in [9.17, 15) is 0 Å². The van der Waals surface area contributed by atoms with Gasteiger partial charge in [-0.25, -0.2) is 0 Å². The molecule has 3 N–H and O–H groups in total. The Kier molecular flexibility index (Phi) is 3.61. The molecule has 0 atom stereocenters. The number of nitrogens with two attached hydrogens (primary N) is 1. The molecule has 0 heterocycles. The lowest BCUT2D eigenvalue weighted by Crippen LogP contribution is -1.94. The third kappa shape index (κ3) is 2.67. The van der Waals surface area contributed by atoms with Crippen LogP contribution in [0.1, 0.15) is 5.56 Å². The number of nitriles is 1. The van der Waals surface area contributed by atoms with Gasteiger partial charge in [-0.3, -0.25) is 0 Å². The molecule has 0 bridgehead atoms. The normalized spacial score (nSPS) is 9.83. The van der Waals surface area contributed by atoms with Crippen LogP contribution in [0.4, 0.5) is 17.1 Å². The fourth-order valence-corrected chi connectivity index (χ4v) is 2.08. The van der Waals surface area contributed by atoms with Crippen molar-refractivity contribution in [2.75, 3.05) is 11.1 Å². The molecule has 0 amide bonds. The number of anilines is 3. The van der Waals surface area contributed by atoms with Crippen molar-refractivity contribution in [2.45, 2.75) is 0 Å². The molecule has 0 aliphatic rings. The molecule has 2 aromatic rings. The van der Waals surface area contributed by atoms with E-state index in [0.717, 1.165) is 5.69 Å². The quantitative estimate of drug-likeness (QED) is 0.809. The number of benzene rings is 2. The molecule has 5 heteroatoms. The average Bonchev–Trinajstić information content (AvgIpc) is 2.34. The number of hydrogen-bond donors (Lipinski definition) is 2. The Bertz CT molecular complexity index is 592. The molecule has 0 radical (unpaired) electrons. The predicted octanol–water partition coefficient (Wildman–Crippen LogP) is 4.19. The van der Waals surface area contributed by atoms with Crippen LogP contribution in [0.3, 0.4) is 0 Å². The smallest absolute Gasteiger partial charge is 0.0991 e. The van der Waals surface area contributed by atoms with Crippen molar-refractivity contribution in [3.05, 3.63) is 52.0 Å². The van der Waals surface area contributed by atoms with E-state index < -0.39 is 0 Å². The SMILES string of the molecule is N#Cc1ccc(Nc2c(Cl)cc(N)cc2Cl)cc1. The number of hydrogen-bond acceptors (Lipinski definition) is 3. The molecule has 18 heavy (non-hydrogen) atoms. The van der Waals surface area contributed by atoms with Crippen LogP contribution in [0.2, 0.25) is 10.0 Å². The van der Waals surface area contributed by atoms with Crippen LogP contribution < -0.4 is 11.1 Å². The summed E-state index contributed by atoms with van der Waals surface area (Å²) in [7, 11) is 0. The van der Waals surface area contributed by atoms with Crippen LogP contribution in [0, 0.1) is 11.3 Å². The van der Waals surface area contributed by atoms with Gasteiger partial charge in [0, 0.05) is 11.4 Å². The van der Waals surface area contributed by atoms with Crippen LogP contribution >= 0.6 is 23.2 Å². The van der Waals surface area contributed by atoms with Crippen LogP contribution in [0.15, 0.2) is 36.4 Å². The summed E-state index contributed by atoms with van der Waals surface area (Å²) in [5.41, 5.74) is 8.12. The van der Waals surface area contributed by atoms with Gasteiger partial charge in [-0.1, -0.05) is 23.2 Å². The van der Waals surface area contributed by atoms with Crippen LogP contribution in [-0.2, 0) is 0 Å². The summed E-state index contributed by atoms with van der Waals surface area (Å²) in [6.45, 7) is 0. The van der Waals surface area contributed by atoms with E-state index in [0.29, 0.717) is 27.0 Å². The summed E-state index contributed by atoms with van der Waals surface area (Å²) in [4.78, 5) is 0. The summed E-state index contributed by atoms with van der Waals surface area (Å²) < 4.78 is 0. The minimum absolute atomic E-state index is 0.448. The fourth-order valence-electron chi connectivity index (χ4n) is 1.48. The largest absolute Gasteiger partial charge is 0.399 e. The zero-order chi connectivity index (χ0) is 13.1. The molecule has 0 unspecified atom stereocenters. The van der Waals surface area contributed by atoms with Gasteiger partial charge in [0.15, 0.2) is 0 Å². The van der Waals surface area contributed by atoms with Gasteiger partial charge < -0.3 is 11.1 Å². The summed E-state index contributed by atoms with van der Waals surface area (Å²) in [5.74, 6) is 0. The molecular formula is C13H9Cl2N3. The third-order valence-electron chi connectivity index (χ3n) is 2.35. The summed E-state index contributed by atoms with van der Waals surface area (Å²) in [6.07, 6.45) is 0. The molecule has 3 nitrogen and oxygen atoms in total. The number of nitrogens with zero attached hydrogens (tertiary/aromatic N) is 1. The highest BCUT2D eigenvalue weighted by atomic mass is 35.5. The maximum atomic E-state index is 8.71. The maximum Gasteiger partial charge on any atom is 0.0991 e. The monoisotopic (exact) mass is 277 g/mol. The second-order valence-corrected chi connectivity index (χ2v) is 4.49. The Balaban J connectivity index is 2.31. The van der Waals surface area contributed by atoms with E-state index in [1.165, 1.54) is 0 Å². The van der Waals surface area contributed by atoms with Gasteiger partial charge in [-0.05, 0) is 36.4 Å². The van der Waals surface area contributed by atoms with E-state index >= 15 is 0 Å². The van der Waals surface area contributed by atoms with Crippen molar-refractivity contribution in [2.24, 2.45) is 0 Å². The number of nitrogens with one attached hydrogen (secondary N) is 1. The lowest BCUT2D eigenvalue weighted by atomic mass is 10.2. The van der Waals surface area contributed by atoms with Crippen LogP contribution in [-0.4, -0.2) is 0 Å². The highest BCUT2D eigenvalue weighted by Gasteiger charge is 2.07. The molecule has 2 aromatic carbocycles. The molecule has 0 saturated heterocycles. The predicted molar refractivity (Wildman–Crippen MR) is 75.3 cm³/mol. The highest BCUT2D eigenvalue weighted by Crippen LogP contribution is 2.34. The first-order valence-electron chi connectivity index (χ1n) is 5.12. The van der Waals surface area contributed by atoms with E-state index in [1.54, 1.807) is 36.4 Å². The van der Waals surface area contributed by atoms with Crippen molar-refractivity contribution in [1.82, 2.24) is 0 Å². The Morgan fingerprint density at radius 2 is 1.61 bits per heavy atom. The van der Waals surface area contributed by atoms with Gasteiger partial charge in [0.1, 0.15) is 0 Å². The van der Waals surface area contributed by atoms with Crippen molar-refractivity contribution in [3.63, 3.8) is 0 Å². The first-order chi connectivity index (χ1) is 8.60. The maximum absolute atomic E-state index is 8.71. The Hall–Kier alpha value is -1.89. The number of nitrogen functional groups attached to an aromatic ring is 1. The van der Waals surface area contributed by atoms with Gasteiger partial charge in [-0.2, -0.15) is 5.26 Å². The van der Waals surface area contributed by atoms with Crippen molar-refractivity contribution >= 4 is 40.3 Å². The Morgan fingerprint density at radius 3 is 2.11 bits per heavy atom. The van der Waals surface area contributed by atoms with Crippen molar-refractivity contribution in [3.8, 4) is 6.07 Å². The molecule has 0 aliphatic heterocycles. The van der Waals surface area contributed by atoms with Gasteiger partial charge in [0.25, 0.3) is 0 Å². The second-order valence-electron chi connectivity index (χ2n) is 3.67. The molecule has 2 rings (SSSR count). The van der Waals surface area contributed by atoms with Crippen LogP contribution in [0.5, 0.6) is 0 Å². The third-order valence-corrected chi connectivity index (χ3v) is 2.94. The fraction of sp³-hybridized carbons (Fsp3) is 0. The average molecular weight is 278 g/mol. The minimum Gasteiger partial charge on any atom is -0.399 e. The lowest BCUT2D eigenvalue weighted by molar-refractivity contribution is 1.47. The van der Waals surface area contributed by atoms with E-state index in [1.807, 2.05) is 0 Å². The standard InChI is InChI=1S/C13H9Cl2N3/c14-11-5-9(17)6-12(15)13(11)18-10-3-1-8(7-16)2-4-10/h1-6,18H,17H2. The molecule has 0 spiro atoms. The highest BCUT2D eigenvalue weighted by molar-refractivity contribution is 6.39. The zero-order valence-corrected chi connectivity index (χ0v) is 10.8. The Morgan fingerprint density at radius 1 is 1.06 bits per heavy atom. The van der Waals surface area contributed by atoms with Crippen molar-refractivity contribution in [1.29, 1.82) is 5.26 Å². The lowest BCUT2D eigenvalue weighted by Gasteiger charge is -2.11. The van der Waals surface area contributed by atoms with Crippen LogP contribution in [0.25, 0.3) is 0 Å². The molecule has 0 saturated carbocycles. The summed E-state index contributed by atoms with van der Waals surface area (Å²) in [5, 5.41) is 12.7. The first kappa shape index (κ1) is 12.6. The second kappa shape index (κ2) is 5.18. The zero-order valence-electron chi connectivity index (χ0n) is 9.24. The van der Waals surface area contributed by atoms with Gasteiger partial charge in [0.05, 0.1) is 27.4 Å². The van der Waals surface area contributed by atoms with E-state index in [2.05, 4.69) is 11.4 Å². The molecule has 0 aromatic heterocycles. The molecule has 90 valence electrons. The molecular weight excluding hydrogens is 269 g/mol. The summed E-state index contributed by atoms with van der Waals surface area (Å²) in [6, 6.07) is 12.3. The number of halogens is 2. The summed E-state index contributed by atoms with van der Waals surface area (Å²) >= 11 is 12.1. The number of rotatable bonds is 2. The van der Waals surface area contributed by atoms with Gasteiger partial charge in [0.2, 0.25) is 0 Å². The molecule has 0 aliphatic carbocycles. The van der Waals surface area contributed by atoms with Gasteiger partial charge in [-0.15, -0.1) is 0 Å². The molecule has 0 fully saturated rings. The van der Waals surface area contributed by atoms with E-state index in [4.69, 9.17) is 34.2 Å².